The topological polar surface area (TPSA) is 0 Å². The highest BCUT2D eigenvalue weighted by Gasteiger charge is 2.06. The first kappa shape index (κ1) is 21.3. The van der Waals surface area contributed by atoms with Crippen LogP contribution < -0.4 is 0 Å². The minimum atomic E-state index is -1.06. The number of allylic oxidation sites excluding steroid dienone is 1. The van der Waals surface area contributed by atoms with E-state index < -0.39 is 11.7 Å². The quantitative estimate of drug-likeness (QED) is 0.304. The summed E-state index contributed by atoms with van der Waals surface area (Å²) < 4.78 is 28.6. The van der Waals surface area contributed by atoms with Crippen LogP contribution in [0.5, 0.6) is 0 Å². The van der Waals surface area contributed by atoms with Gasteiger partial charge in [-0.15, -0.1) is 0 Å². The fourth-order valence-electron chi connectivity index (χ4n) is 2.96. The van der Waals surface area contributed by atoms with Crippen LogP contribution in [0.1, 0.15) is 46.7 Å². The van der Waals surface area contributed by atoms with Gasteiger partial charge < -0.3 is 0 Å². The number of hydrogen-bond donors (Lipinski definition) is 0. The van der Waals surface area contributed by atoms with Gasteiger partial charge in [0.1, 0.15) is 0 Å². The summed E-state index contributed by atoms with van der Waals surface area (Å²) in [6.45, 7) is 4.16. The van der Waals surface area contributed by atoms with Gasteiger partial charge in [-0.2, -0.15) is 4.39 Å². The average molecular weight is 398 g/mol. The van der Waals surface area contributed by atoms with Crippen LogP contribution in [0.25, 0.3) is 18.0 Å². The molecule has 0 saturated carbocycles. The molecule has 0 atom stereocenters. The Kier molecular flexibility index (Phi) is 7.35. The molecule has 3 rings (SSSR count). The van der Waals surface area contributed by atoms with Crippen molar-refractivity contribution in [1.82, 2.24) is 0 Å². The third-order valence-electron chi connectivity index (χ3n) is 4.71. The van der Waals surface area contributed by atoms with Crippen molar-refractivity contribution in [2.45, 2.75) is 26.7 Å². The first-order chi connectivity index (χ1) is 14.5. The molecule has 0 aliphatic heterocycles. The lowest BCUT2D eigenvalue weighted by atomic mass is 10.1. The first-order valence-corrected chi connectivity index (χ1v) is 10.1. The van der Waals surface area contributed by atoms with E-state index in [4.69, 9.17) is 0 Å². The largest absolute Gasteiger partial charge is 0.209 e. The highest BCUT2D eigenvalue weighted by atomic mass is 19.2. The van der Waals surface area contributed by atoms with E-state index in [-0.39, 0.29) is 5.56 Å². The summed E-state index contributed by atoms with van der Waals surface area (Å²) in [4.78, 5) is 0. The summed E-state index contributed by atoms with van der Waals surface area (Å²) in [7, 11) is 0. The maximum atomic E-state index is 14.4. The maximum absolute atomic E-state index is 14.4. The second-order valence-electron chi connectivity index (χ2n) is 7.19. The van der Waals surface area contributed by atoms with Crippen molar-refractivity contribution in [3.8, 4) is 11.8 Å². The predicted octanol–water partition coefficient (Wildman–Crippen LogP) is 7.78. The number of hydrogen-bond acceptors (Lipinski definition) is 0. The molecule has 0 radical (unpaired) electrons. The Morgan fingerprint density at radius 2 is 1.37 bits per heavy atom. The van der Waals surface area contributed by atoms with Crippen LogP contribution in [0.3, 0.4) is 0 Å². The molecule has 0 spiro atoms. The maximum Gasteiger partial charge on any atom is 0.209 e. The zero-order chi connectivity index (χ0) is 21.3. The average Bonchev–Trinajstić information content (AvgIpc) is 2.78. The third kappa shape index (κ3) is 6.03. The van der Waals surface area contributed by atoms with Crippen LogP contribution in [0.15, 0.2) is 78.6 Å². The molecule has 150 valence electrons. The van der Waals surface area contributed by atoms with Crippen LogP contribution >= 0.6 is 0 Å². The first-order valence-electron chi connectivity index (χ1n) is 10.1. The van der Waals surface area contributed by atoms with Gasteiger partial charge >= 0.3 is 0 Å². The van der Waals surface area contributed by atoms with Crippen molar-refractivity contribution >= 4 is 18.0 Å². The minimum absolute atomic E-state index is 0.174. The van der Waals surface area contributed by atoms with Crippen molar-refractivity contribution in [2.75, 3.05) is 0 Å². The van der Waals surface area contributed by atoms with E-state index in [0.717, 1.165) is 24.0 Å². The zero-order valence-electron chi connectivity index (χ0n) is 17.3. The Morgan fingerprint density at radius 3 is 1.93 bits per heavy atom. The minimum Gasteiger partial charge on any atom is -0.202 e. The molecule has 0 aromatic heterocycles. The molecule has 0 unspecified atom stereocenters. The normalized spacial score (nSPS) is 11.7. The Morgan fingerprint density at radius 1 is 0.800 bits per heavy atom. The molecule has 0 aliphatic rings. The van der Waals surface area contributed by atoms with Gasteiger partial charge in [0.05, 0.1) is 0 Å². The summed E-state index contributed by atoms with van der Waals surface area (Å²) >= 11 is 0. The number of aryl methyl sites for hydroxylation is 2. The molecule has 0 nitrogen and oxygen atoms in total. The summed E-state index contributed by atoms with van der Waals surface area (Å²) in [5.41, 5.74) is 5.24. The Labute approximate surface area is 177 Å². The molecule has 0 bridgehead atoms. The fraction of sp³-hybridized carbons (Fsp3) is 0.143. The fourth-order valence-corrected chi connectivity index (χ4v) is 2.96. The zero-order valence-corrected chi connectivity index (χ0v) is 17.3. The molecule has 0 amide bonds. The highest BCUT2D eigenvalue weighted by molar-refractivity contribution is 5.72. The lowest BCUT2D eigenvalue weighted by Crippen LogP contribution is -1.84. The van der Waals surface area contributed by atoms with Crippen molar-refractivity contribution < 1.29 is 8.78 Å². The van der Waals surface area contributed by atoms with Crippen molar-refractivity contribution in [2.24, 2.45) is 0 Å². The molecule has 0 N–H and O–H groups in total. The smallest absolute Gasteiger partial charge is 0.202 e. The van der Waals surface area contributed by atoms with Crippen LogP contribution in [0.2, 0.25) is 0 Å². The number of halogens is 2. The van der Waals surface area contributed by atoms with Gasteiger partial charge in [-0.25, -0.2) is 4.39 Å². The van der Waals surface area contributed by atoms with E-state index in [9.17, 15) is 8.78 Å². The molecule has 0 aliphatic carbocycles. The lowest BCUT2D eigenvalue weighted by molar-refractivity contribution is 0.635. The van der Waals surface area contributed by atoms with Crippen LogP contribution in [0.4, 0.5) is 8.78 Å². The van der Waals surface area contributed by atoms with Gasteiger partial charge in [0.2, 0.25) is 5.83 Å². The summed E-state index contributed by atoms with van der Waals surface area (Å²) in [6, 6.07) is 22.4. The van der Waals surface area contributed by atoms with E-state index >= 15 is 0 Å². The molecular weight excluding hydrogens is 374 g/mol. The van der Waals surface area contributed by atoms with E-state index in [1.807, 2.05) is 67.6 Å². The molecule has 0 saturated heterocycles. The van der Waals surface area contributed by atoms with Crippen LogP contribution in [0, 0.1) is 18.8 Å². The van der Waals surface area contributed by atoms with E-state index in [1.54, 1.807) is 24.3 Å². The second kappa shape index (κ2) is 10.4. The molecule has 0 fully saturated rings. The molecule has 3 aromatic carbocycles. The van der Waals surface area contributed by atoms with Crippen molar-refractivity contribution in [1.29, 1.82) is 0 Å². The third-order valence-corrected chi connectivity index (χ3v) is 4.71. The van der Waals surface area contributed by atoms with Crippen LogP contribution in [-0.2, 0) is 6.42 Å². The van der Waals surface area contributed by atoms with Gasteiger partial charge in [-0.1, -0.05) is 97.6 Å². The second-order valence-corrected chi connectivity index (χ2v) is 7.19. The predicted molar refractivity (Wildman–Crippen MR) is 123 cm³/mol. The van der Waals surface area contributed by atoms with Gasteiger partial charge in [-0.05, 0) is 48.1 Å². The molecule has 30 heavy (non-hydrogen) atoms. The van der Waals surface area contributed by atoms with Gasteiger partial charge in [0, 0.05) is 11.1 Å². The monoisotopic (exact) mass is 398 g/mol. The molecule has 3 aromatic rings. The van der Waals surface area contributed by atoms with Crippen molar-refractivity contribution in [3.63, 3.8) is 0 Å². The highest BCUT2D eigenvalue weighted by Crippen LogP contribution is 2.22. The van der Waals surface area contributed by atoms with Gasteiger partial charge in [0.25, 0.3) is 0 Å². The van der Waals surface area contributed by atoms with Crippen LogP contribution in [-0.4, -0.2) is 0 Å². The number of benzene rings is 3. The summed E-state index contributed by atoms with van der Waals surface area (Å²) in [6.07, 6.45) is 5.98. The Bertz CT molecular complexity index is 1090. The van der Waals surface area contributed by atoms with E-state index in [1.165, 1.54) is 11.1 Å². The van der Waals surface area contributed by atoms with Gasteiger partial charge in [0.15, 0.2) is 5.83 Å². The van der Waals surface area contributed by atoms with E-state index in [2.05, 4.69) is 18.8 Å². The SMILES string of the molecule is CCCc1ccc(C#C/C(F)=C(\F)c2ccc(C=Cc3ccc(C)cc3)cc2)cc1. The Hall–Kier alpha value is -3.44. The van der Waals surface area contributed by atoms with Gasteiger partial charge in [-0.3, -0.25) is 0 Å². The molecule has 0 heterocycles. The lowest BCUT2D eigenvalue weighted by Gasteiger charge is -2.00. The van der Waals surface area contributed by atoms with Crippen molar-refractivity contribution in [3.05, 3.63) is 112 Å². The molecular formula is C28H24F2. The summed E-state index contributed by atoms with van der Waals surface area (Å²) in [5, 5.41) is 0. The molecule has 2 heteroatoms. The number of rotatable bonds is 5. The standard InChI is InChI=1S/C28H24F2/c1-3-4-22-9-11-24(12-10-22)17-20-27(29)28(30)26-18-15-25(16-19-26)14-13-23-7-5-21(2)6-8-23/h5-16,18-19H,3-4H2,1-2H3/b14-13?,28-27+. The summed E-state index contributed by atoms with van der Waals surface area (Å²) in [5.74, 6) is 2.97. The Balaban J connectivity index is 1.70. The van der Waals surface area contributed by atoms with E-state index in [0.29, 0.717) is 5.56 Å².